The zero-order valence-electron chi connectivity index (χ0n) is 17.6. The highest BCUT2D eigenvalue weighted by Crippen LogP contribution is 2.44. The molecule has 0 spiro atoms. The molecular weight excluding hydrogens is 389 g/mol. The Hall–Kier alpha value is -2.61. The number of hydrogen-bond donors (Lipinski definition) is 2. The number of hydrogen-bond acceptors (Lipinski definition) is 5. The van der Waals surface area contributed by atoms with Crippen molar-refractivity contribution in [1.82, 2.24) is 9.88 Å². The number of nitrogens with zero attached hydrogens (tertiary/aromatic N) is 2. The number of aromatic carboxylic acids is 1. The number of carboxylic acids is 1. The van der Waals surface area contributed by atoms with E-state index in [1.807, 2.05) is 18.9 Å². The Morgan fingerprint density at radius 1 is 1.40 bits per heavy atom. The van der Waals surface area contributed by atoms with Gasteiger partial charge in [-0.25, -0.2) is 9.18 Å². The van der Waals surface area contributed by atoms with Crippen LogP contribution in [0, 0.1) is 11.7 Å². The molecule has 4 rings (SSSR count). The van der Waals surface area contributed by atoms with E-state index in [0.29, 0.717) is 48.6 Å². The van der Waals surface area contributed by atoms with Crippen LogP contribution in [0.25, 0.3) is 10.9 Å². The molecule has 2 aromatic rings. The first-order valence-corrected chi connectivity index (χ1v) is 10.6. The predicted octanol–water partition coefficient (Wildman–Crippen LogP) is 3.01. The lowest BCUT2D eigenvalue weighted by atomic mass is 10.0. The highest BCUT2D eigenvalue weighted by Gasteiger charge is 2.34. The molecule has 1 aromatic heterocycles. The molecule has 0 unspecified atom stereocenters. The molecule has 2 fully saturated rings. The van der Waals surface area contributed by atoms with E-state index >= 15 is 4.39 Å². The van der Waals surface area contributed by atoms with Gasteiger partial charge in [-0.15, -0.1) is 0 Å². The number of carboxylic acid groups (broad SMARTS) is 1. The minimum absolute atomic E-state index is 0.0610. The van der Waals surface area contributed by atoms with Gasteiger partial charge in [0.2, 0.25) is 5.43 Å². The predicted molar refractivity (Wildman–Crippen MR) is 113 cm³/mol. The van der Waals surface area contributed by atoms with E-state index < -0.39 is 17.2 Å². The molecule has 0 bridgehead atoms. The van der Waals surface area contributed by atoms with Gasteiger partial charge < -0.3 is 24.6 Å². The van der Waals surface area contributed by atoms with E-state index in [2.05, 4.69) is 12.2 Å². The summed E-state index contributed by atoms with van der Waals surface area (Å²) in [6.07, 6.45) is 4.10. The highest BCUT2D eigenvalue weighted by molar-refractivity contribution is 5.97. The monoisotopic (exact) mass is 417 g/mol. The van der Waals surface area contributed by atoms with Gasteiger partial charge in [-0.3, -0.25) is 4.79 Å². The quantitative estimate of drug-likeness (QED) is 0.721. The van der Waals surface area contributed by atoms with Gasteiger partial charge in [0.1, 0.15) is 11.3 Å². The van der Waals surface area contributed by atoms with Crippen molar-refractivity contribution < 1.29 is 19.0 Å². The van der Waals surface area contributed by atoms with Crippen LogP contribution in [0.3, 0.4) is 0 Å². The molecule has 1 aliphatic carbocycles. The summed E-state index contributed by atoms with van der Waals surface area (Å²) >= 11 is 0. The topological polar surface area (TPSA) is 83.8 Å². The van der Waals surface area contributed by atoms with E-state index in [1.54, 1.807) is 4.57 Å². The van der Waals surface area contributed by atoms with Crippen LogP contribution in [0.1, 0.15) is 49.5 Å². The van der Waals surface area contributed by atoms with Gasteiger partial charge in [0.25, 0.3) is 0 Å². The van der Waals surface area contributed by atoms with Crippen molar-refractivity contribution in [2.75, 3.05) is 31.6 Å². The molecule has 1 saturated heterocycles. The highest BCUT2D eigenvalue weighted by atomic mass is 19.1. The van der Waals surface area contributed by atoms with Gasteiger partial charge >= 0.3 is 5.97 Å². The minimum atomic E-state index is -1.30. The summed E-state index contributed by atoms with van der Waals surface area (Å²) in [6.45, 7) is 5.63. The number of nitrogens with one attached hydrogen (secondary N) is 1. The molecule has 1 aliphatic heterocycles. The molecule has 0 amide bonds. The Labute approximate surface area is 174 Å². The molecule has 0 radical (unpaired) electrons. The van der Waals surface area contributed by atoms with E-state index in [-0.39, 0.29) is 17.0 Å². The minimum Gasteiger partial charge on any atom is -0.489 e. The van der Waals surface area contributed by atoms with E-state index in [4.69, 9.17) is 4.74 Å². The summed E-state index contributed by atoms with van der Waals surface area (Å²) in [5, 5.41) is 12.8. The van der Waals surface area contributed by atoms with Gasteiger partial charge in [-0.1, -0.05) is 0 Å². The fraction of sp³-hybridized carbons (Fsp3) is 0.545. The number of benzene rings is 1. The molecule has 1 saturated carbocycles. The fourth-order valence-corrected chi connectivity index (χ4v) is 4.45. The summed E-state index contributed by atoms with van der Waals surface area (Å²) in [5.41, 5.74) is -0.153. The van der Waals surface area contributed by atoms with Gasteiger partial charge in [0.15, 0.2) is 11.6 Å². The van der Waals surface area contributed by atoms with Crippen LogP contribution in [0.4, 0.5) is 10.1 Å². The Balaban J connectivity index is 1.94. The number of carbonyl (C=O) groups is 1. The second-order valence-corrected chi connectivity index (χ2v) is 8.25. The van der Waals surface area contributed by atoms with Crippen LogP contribution >= 0.6 is 0 Å². The maximum Gasteiger partial charge on any atom is 0.341 e. The molecule has 8 heteroatoms. The van der Waals surface area contributed by atoms with Crippen molar-refractivity contribution in [2.24, 2.45) is 5.92 Å². The number of aromatic nitrogens is 1. The number of pyridine rings is 1. The van der Waals surface area contributed by atoms with Crippen molar-refractivity contribution in [3.8, 4) is 5.75 Å². The van der Waals surface area contributed by atoms with Crippen LogP contribution < -0.4 is 20.4 Å². The third kappa shape index (κ3) is 3.43. The van der Waals surface area contributed by atoms with Crippen LogP contribution in [0.5, 0.6) is 5.75 Å². The maximum atomic E-state index is 15.4. The second kappa shape index (κ2) is 7.91. The van der Waals surface area contributed by atoms with Crippen LogP contribution in [0.2, 0.25) is 0 Å². The molecular formula is C22H28FN3O4. The summed E-state index contributed by atoms with van der Waals surface area (Å²) in [5.74, 6) is -1.14. The second-order valence-electron chi connectivity index (χ2n) is 8.25. The molecule has 2 N–H and O–H groups in total. The van der Waals surface area contributed by atoms with Crippen molar-refractivity contribution in [3.05, 3.63) is 33.9 Å². The lowest BCUT2D eigenvalue weighted by Crippen LogP contribution is -2.33. The summed E-state index contributed by atoms with van der Waals surface area (Å²) < 4.78 is 23.1. The Morgan fingerprint density at radius 3 is 2.73 bits per heavy atom. The first-order chi connectivity index (χ1) is 14.4. The average molecular weight is 417 g/mol. The van der Waals surface area contributed by atoms with Crippen molar-refractivity contribution in [1.29, 1.82) is 0 Å². The first kappa shape index (κ1) is 20.7. The third-order valence-corrected chi connectivity index (χ3v) is 6.36. The molecule has 1 aromatic carbocycles. The zero-order chi connectivity index (χ0) is 21.6. The third-order valence-electron chi connectivity index (χ3n) is 6.36. The standard InChI is InChI=1S/C22H28FN3O4/c1-4-30-21-18-15(20(27)16(22(28)29)11-26(18)14-5-6-14)9-17(23)19(21)25-8-7-13(10-25)12(2)24-3/h9,11-14,24H,4-8,10H2,1-3H3,(H,28,29)/t12-,13+/m0/s1. The zero-order valence-corrected chi connectivity index (χ0v) is 17.6. The van der Waals surface area contributed by atoms with Crippen molar-refractivity contribution in [3.63, 3.8) is 0 Å². The van der Waals surface area contributed by atoms with E-state index in [0.717, 1.165) is 19.3 Å². The summed E-state index contributed by atoms with van der Waals surface area (Å²) in [6, 6.07) is 1.59. The van der Waals surface area contributed by atoms with Crippen LogP contribution in [0.15, 0.2) is 17.1 Å². The smallest absolute Gasteiger partial charge is 0.341 e. The number of fused-ring (bicyclic) bond motifs is 1. The number of anilines is 1. The Kier molecular flexibility index (Phi) is 5.44. The van der Waals surface area contributed by atoms with Crippen LogP contribution in [-0.4, -0.2) is 48.4 Å². The lowest BCUT2D eigenvalue weighted by Gasteiger charge is -2.26. The lowest BCUT2D eigenvalue weighted by molar-refractivity contribution is 0.0694. The molecule has 2 aliphatic rings. The molecule has 7 nitrogen and oxygen atoms in total. The van der Waals surface area contributed by atoms with Crippen molar-refractivity contribution >= 4 is 22.6 Å². The fourth-order valence-electron chi connectivity index (χ4n) is 4.45. The van der Waals surface area contributed by atoms with Crippen molar-refractivity contribution in [2.45, 2.75) is 45.2 Å². The summed E-state index contributed by atoms with van der Waals surface area (Å²) in [7, 11) is 1.92. The first-order valence-electron chi connectivity index (χ1n) is 10.6. The van der Waals surface area contributed by atoms with Gasteiger partial charge in [-0.05, 0) is 52.1 Å². The SMILES string of the molecule is CCOc1c(N2CC[C@@H]([C@H](C)NC)C2)c(F)cc2c(=O)c(C(=O)O)cn(C3CC3)c12. The maximum absolute atomic E-state index is 15.4. The number of halogens is 1. The largest absolute Gasteiger partial charge is 0.489 e. The average Bonchev–Trinajstić information content (AvgIpc) is 3.45. The normalized spacial score (nSPS) is 20.0. The Bertz CT molecular complexity index is 1050. The number of rotatable bonds is 7. The van der Waals surface area contributed by atoms with Gasteiger partial charge in [0, 0.05) is 31.4 Å². The number of ether oxygens (including phenoxy) is 1. The van der Waals surface area contributed by atoms with Crippen LogP contribution in [-0.2, 0) is 0 Å². The Morgan fingerprint density at radius 2 is 2.13 bits per heavy atom. The molecule has 2 heterocycles. The van der Waals surface area contributed by atoms with Gasteiger partial charge in [-0.2, -0.15) is 0 Å². The van der Waals surface area contributed by atoms with Gasteiger partial charge in [0.05, 0.1) is 17.5 Å². The molecule has 162 valence electrons. The molecule has 30 heavy (non-hydrogen) atoms. The van der Waals surface area contributed by atoms with E-state index in [1.165, 1.54) is 12.3 Å². The molecule has 2 atom stereocenters. The summed E-state index contributed by atoms with van der Waals surface area (Å²) in [4.78, 5) is 26.4. The van der Waals surface area contributed by atoms with E-state index in [9.17, 15) is 14.7 Å².